The summed E-state index contributed by atoms with van der Waals surface area (Å²) in [5.41, 5.74) is 2.15. The molecule has 3 heteroatoms. The minimum absolute atomic E-state index is 0.0889. The summed E-state index contributed by atoms with van der Waals surface area (Å²) >= 11 is 0. The van der Waals surface area contributed by atoms with Crippen molar-refractivity contribution in [2.24, 2.45) is 0 Å². The zero-order chi connectivity index (χ0) is 12.1. The highest BCUT2D eigenvalue weighted by atomic mass is 14.9. The van der Waals surface area contributed by atoms with E-state index >= 15 is 0 Å². The maximum Gasteiger partial charge on any atom is 0.0952 e. The molecule has 86 valence electrons. The van der Waals surface area contributed by atoms with Gasteiger partial charge in [0.1, 0.15) is 0 Å². The van der Waals surface area contributed by atoms with Crippen molar-refractivity contribution >= 4 is 10.9 Å². The summed E-state index contributed by atoms with van der Waals surface area (Å²) in [4.78, 5) is 4.39. The van der Waals surface area contributed by atoms with Gasteiger partial charge in [0.2, 0.25) is 0 Å². The lowest BCUT2D eigenvalue weighted by Crippen LogP contribution is -2.26. The molecule has 0 aliphatic carbocycles. The lowest BCUT2D eigenvalue weighted by molar-refractivity contribution is 0.588. The van der Waals surface area contributed by atoms with Gasteiger partial charge >= 0.3 is 0 Å². The highest BCUT2D eigenvalue weighted by Crippen LogP contribution is 2.15. The second kappa shape index (κ2) is 5.42. The Bertz CT molecular complexity index is 537. The summed E-state index contributed by atoms with van der Waals surface area (Å²) in [7, 11) is 0. The van der Waals surface area contributed by atoms with Gasteiger partial charge in [-0.15, -0.1) is 0 Å². The van der Waals surface area contributed by atoms with Crippen LogP contribution in [-0.2, 0) is 6.54 Å². The van der Waals surface area contributed by atoms with Gasteiger partial charge in [-0.05, 0) is 18.1 Å². The smallest absolute Gasteiger partial charge is 0.0952 e. The van der Waals surface area contributed by atoms with Gasteiger partial charge in [0, 0.05) is 18.1 Å². The van der Waals surface area contributed by atoms with E-state index in [1.165, 1.54) is 0 Å². The minimum atomic E-state index is -0.0889. The van der Waals surface area contributed by atoms with E-state index in [0.29, 0.717) is 6.54 Å². The van der Waals surface area contributed by atoms with Crippen molar-refractivity contribution < 1.29 is 0 Å². The first-order valence-electron chi connectivity index (χ1n) is 5.80. The number of nitrogens with one attached hydrogen (secondary N) is 1. The summed E-state index contributed by atoms with van der Waals surface area (Å²) in [6.45, 7) is 2.68. The molecule has 0 amide bonds. The number of hydrogen-bond donors (Lipinski definition) is 1. The average molecular weight is 225 g/mol. The summed E-state index contributed by atoms with van der Waals surface area (Å²) < 4.78 is 0. The average Bonchev–Trinajstić information content (AvgIpc) is 2.40. The molecule has 0 bridgehead atoms. The largest absolute Gasteiger partial charge is 0.298 e. The predicted octanol–water partition coefficient (Wildman–Crippen LogP) is 2.63. The third kappa shape index (κ3) is 2.61. The zero-order valence-corrected chi connectivity index (χ0v) is 9.85. The summed E-state index contributed by atoms with van der Waals surface area (Å²) in [5, 5.41) is 13.3. The minimum Gasteiger partial charge on any atom is -0.298 e. The van der Waals surface area contributed by atoms with E-state index in [9.17, 15) is 0 Å². The van der Waals surface area contributed by atoms with Crippen molar-refractivity contribution in [3.8, 4) is 6.07 Å². The van der Waals surface area contributed by atoms with Gasteiger partial charge in [-0.1, -0.05) is 31.2 Å². The Morgan fingerprint density at radius 2 is 2.18 bits per heavy atom. The normalized spacial score (nSPS) is 12.2. The summed E-state index contributed by atoms with van der Waals surface area (Å²) in [6, 6.07) is 12.3. The van der Waals surface area contributed by atoms with Gasteiger partial charge in [-0.25, -0.2) is 0 Å². The molecule has 0 aliphatic rings. The first-order valence-corrected chi connectivity index (χ1v) is 5.80. The number of para-hydroxylation sites is 1. The molecule has 0 aliphatic heterocycles. The lowest BCUT2D eigenvalue weighted by atomic mass is 10.1. The van der Waals surface area contributed by atoms with Crippen molar-refractivity contribution in [1.82, 2.24) is 10.3 Å². The molecule has 0 fully saturated rings. The van der Waals surface area contributed by atoms with E-state index in [4.69, 9.17) is 5.26 Å². The predicted molar refractivity (Wildman–Crippen MR) is 68.3 cm³/mol. The third-order valence-electron chi connectivity index (χ3n) is 2.82. The van der Waals surface area contributed by atoms with Gasteiger partial charge in [0.25, 0.3) is 0 Å². The molecule has 1 N–H and O–H groups in total. The van der Waals surface area contributed by atoms with Crippen LogP contribution in [0.1, 0.15) is 18.9 Å². The molecular formula is C14H15N3. The molecule has 3 nitrogen and oxygen atoms in total. The molecule has 1 unspecified atom stereocenters. The molecule has 2 aromatic rings. The topological polar surface area (TPSA) is 48.7 Å². The Hall–Kier alpha value is -1.92. The number of hydrogen-bond acceptors (Lipinski definition) is 3. The fraction of sp³-hybridized carbons (Fsp3) is 0.286. The summed E-state index contributed by atoms with van der Waals surface area (Å²) in [6.07, 6.45) is 2.61. The van der Waals surface area contributed by atoms with Crippen LogP contribution < -0.4 is 5.32 Å². The van der Waals surface area contributed by atoms with Crippen molar-refractivity contribution in [3.05, 3.63) is 42.1 Å². The van der Waals surface area contributed by atoms with E-state index in [0.717, 1.165) is 22.9 Å². The molecular weight excluding hydrogens is 210 g/mol. The van der Waals surface area contributed by atoms with E-state index in [2.05, 4.69) is 16.4 Å². The SMILES string of the molecule is CCC(C#N)NCc1cccc2cccnc12. The zero-order valence-electron chi connectivity index (χ0n) is 9.85. The van der Waals surface area contributed by atoms with Crippen molar-refractivity contribution in [2.45, 2.75) is 25.9 Å². The highest BCUT2D eigenvalue weighted by Gasteiger charge is 2.05. The van der Waals surface area contributed by atoms with Gasteiger partial charge in [0.15, 0.2) is 0 Å². The maximum absolute atomic E-state index is 8.89. The number of pyridine rings is 1. The molecule has 17 heavy (non-hydrogen) atoms. The Morgan fingerprint density at radius 3 is 2.94 bits per heavy atom. The van der Waals surface area contributed by atoms with E-state index in [-0.39, 0.29) is 6.04 Å². The fourth-order valence-corrected chi connectivity index (χ4v) is 1.82. The third-order valence-corrected chi connectivity index (χ3v) is 2.82. The van der Waals surface area contributed by atoms with Crippen LogP contribution in [0, 0.1) is 11.3 Å². The van der Waals surface area contributed by atoms with Crippen molar-refractivity contribution in [2.75, 3.05) is 0 Å². The standard InChI is InChI=1S/C14H15N3/c1-2-13(9-15)17-10-12-6-3-5-11-7-4-8-16-14(11)12/h3-8,13,17H,2,10H2,1H3. The first kappa shape index (κ1) is 11.6. The number of fused-ring (bicyclic) bond motifs is 1. The molecule has 0 spiro atoms. The Balaban J connectivity index is 2.22. The molecule has 1 atom stereocenters. The monoisotopic (exact) mass is 225 g/mol. The second-order valence-electron chi connectivity index (χ2n) is 3.96. The van der Waals surface area contributed by atoms with Crippen LogP contribution >= 0.6 is 0 Å². The van der Waals surface area contributed by atoms with Crippen LogP contribution in [0.2, 0.25) is 0 Å². The number of nitriles is 1. The van der Waals surface area contributed by atoms with Crippen LogP contribution in [-0.4, -0.2) is 11.0 Å². The Labute approximate surface area is 101 Å². The molecule has 2 rings (SSSR count). The van der Waals surface area contributed by atoms with Crippen molar-refractivity contribution in [3.63, 3.8) is 0 Å². The number of aromatic nitrogens is 1. The van der Waals surface area contributed by atoms with Gasteiger partial charge in [-0.2, -0.15) is 5.26 Å². The van der Waals surface area contributed by atoms with E-state index < -0.39 is 0 Å². The molecule has 0 saturated heterocycles. The Kier molecular flexibility index (Phi) is 3.69. The lowest BCUT2D eigenvalue weighted by Gasteiger charge is -2.10. The fourth-order valence-electron chi connectivity index (χ4n) is 1.82. The van der Waals surface area contributed by atoms with Crippen LogP contribution in [0.15, 0.2) is 36.5 Å². The number of benzene rings is 1. The first-order chi connectivity index (χ1) is 8.35. The Morgan fingerprint density at radius 1 is 1.35 bits per heavy atom. The van der Waals surface area contributed by atoms with Crippen LogP contribution in [0.5, 0.6) is 0 Å². The number of rotatable bonds is 4. The highest BCUT2D eigenvalue weighted by molar-refractivity contribution is 5.81. The maximum atomic E-state index is 8.89. The van der Waals surface area contributed by atoms with Crippen LogP contribution in [0.3, 0.4) is 0 Å². The van der Waals surface area contributed by atoms with E-state index in [1.54, 1.807) is 6.20 Å². The summed E-state index contributed by atoms with van der Waals surface area (Å²) in [5.74, 6) is 0. The molecule has 1 aromatic carbocycles. The molecule has 0 saturated carbocycles. The molecule has 1 heterocycles. The quantitative estimate of drug-likeness (QED) is 0.870. The van der Waals surface area contributed by atoms with Gasteiger partial charge in [-0.3, -0.25) is 10.3 Å². The number of nitrogens with zero attached hydrogens (tertiary/aromatic N) is 2. The van der Waals surface area contributed by atoms with Gasteiger partial charge in [0.05, 0.1) is 17.6 Å². The van der Waals surface area contributed by atoms with Gasteiger partial charge < -0.3 is 0 Å². The molecule has 0 radical (unpaired) electrons. The molecule has 1 aromatic heterocycles. The van der Waals surface area contributed by atoms with E-state index in [1.807, 2.05) is 37.3 Å². The van der Waals surface area contributed by atoms with Crippen molar-refractivity contribution in [1.29, 1.82) is 5.26 Å². The van der Waals surface area contributed by atoms with Crippen LogP contribution in [0.4, 0.5) is 0 Å². The van der Waals surface area contributed by atoms with Crippen LogP contribution in [0.25, 0.3) is 10.9 Å². The second-order valence-corrected chi connectivity index (χ2v) is 3.96.